The van der Waals surface area contributed by atoms with Crippen LogP contribution in [0.15, 0.2) is 12.3 Å². The van der Waals surface area contributed by atoms with Gasteiger partial charge < -0.3 is 15.0 Å². The van der Waals surface area contributed by atoms with Gasteiger partial charge in [-0.25, -0.2) is 0 Å². The van der Waals surface area contributed by atoms with Crippen molar-refractivity contribution in [3.8, 4) is 0 Å². The number of likely N-dealkylation sites (tertiary alicyclic amines) is 1. The summed E-state index contributed by atoms with van der Waals surface area (Å²) in [4.78, 5) is 26.9. The van der Waals surface area contributed by atoms with E-state index in [4.69, 9.17) is 4.74 Å². The molecule has 3 rings (SSSR count). The number of aromatic nitrogens is 2. The van der Waals surface area contributed by atoms with E-state index in [9.17, 15) is 9.59 Å². The Labute approximate surface area is 142 Å². The van der Waals surface area contributed by atoms with Crippen molar-refractivity contribution in [3.63, 3.8) is 0 Å². The zero-order valence-electron chi connectivity index (χ0n) is 14.8. The van der Waals surface area contributed by atoms with Crippen LogP contribution in [-0.2, 0) is 16.6 Å². The molecule has 2 aliphatic heterocycles. The van der Waals surface area contributed by atoms with E-state index in [0.29, 0.717) is 12.2 Å². The zero-order valence-corrected chi connectivity index (χ0v) is 14.8. The molecule has 24 heavy (non-hydrogen) atoms. The van der Waals surface area contributed by atoms with Gasteiger partial charge in [0.05, 0.1) is 23.7 Å². The zero-order chi connectivity index (χ0) is 17.5. The number of nitrogens with zero attached hydrogens (tertiary/aromatic N) is 3. The van der Waals surface area contributed by atoms with E-state index >= 15 is 0 Å². The van der Waals surface area contributed by atoms with Crippen molar-refractivity contribution in [1.29, 1.82) is 0 Å². The molecule has 2 amide bonds. The Balaban J connectivity index is 1.92. The highest BCUT2D eigenvalue weighted by molar-refractivity contribution is 5.93. The Morgan fingerprint density at radius 1 is 1.46 bits per heavy atom. The highest BCUT2D eigenvalue weighted by atomic mass is 16.5. The van der Waals surface area contributed by atoms with E-state index in [-0.39, 0.29) is 29.9 Å². The fourth-order valence-corrected chi connectivity index (χ4v) is 4.28. The summed E-state index contributed by atoms with van der Waals surface area (Å²) in [5.74, 6) is -0.134. The minimum absolute atomic E-state index is 0.0609. The van der Waals surface area contributed by atoms with Crippen LogP contribution >= 0.6 is 0 Å². The number of amides is 2. The quantitative estimate of drug-likeness (QED) is 0.898. The average molecular weight is 334 g/mol. The van der Waals surface area contributed by atoms with Crippen LogP contribution in [0.2, 0.25) is 0 Å². The van der Waals surface area contributed by atoms with Crippen molar-refractivity contribution < 1.29 is 14.3 Å². The van der Waals surface area contributed by atoms with E-state index in [2.05, 4.69) is 10.4 Å². The number of carbonyl (C=O) groups excluding carboxylic acids is 2. The second-order valence-electron chi connectivity index (χ2n) is 7.46. The first-order chi connectivity index (χ1) is 11.3. The number of rotatable bonds is 3. The standard InChI is InChI=1S/C17H26N4O3/c1-16(2)11-17(13(24-16)10-14(22)18-3)7-5-8-21(17)15(23)12-6-9-20(4)19-12/h6,9,13H,5,7-8,10-11H2,1-4H3,(H,18,22)/t13-,17+/m0/s1. The maximum absolute atomic E-state index is 13.0. The molecule has 0 aliphatic carbocycles. The van der Waals surface area contributed by atoms with Crippen molar-refractivity contribution >= 4 is 11.8 Å². The van der Waals surface area contributed by atoms with Crippen LogP contribution in [0, 0.1) is 0 Å². The number of hydrogen-bond acceptors (Lipinski definition) is 4. The van der Waals surface area contributed by atoms with Gasteiger partial charge in [-0.2, -0.15) is 5.10 Å². The van der Waals surface area contributed by atoms with Crippen molar-refractivity contribution in [1.82, 2.24) is 20.0 Å². The molecular formula is C17H26N4O3. The minimum Gasteiger partial charge on any atom is -0.369 e. The molecule has 7 heteroatoms. The predicted octanol–water partition coefficient (Wildman–Crippen LogP) is 1.10. The number of ether oxygens (including phenoxy) is 1. The van der Waals surface area contributed by atoms with E-state index in [1.807, 2.05) is 18.7 Å². The number of aryl methyl sites for hydroxylation is 1. The summed E-state index contributed by atoms with van der Waals surface area (Å²) in [6.07, 6.45) is 4.26. The summed E-state index contributed by atoms with van der Waals surface area (Å²) in [7, 11) is 3.42. The molecule has 0 saturated carbocycles. The van der Waals surface area contributed by atoms with Crippen molar-refractivity contribution in [2.24, 2.45) is 7.05 Å². The molecule has 1 spiro atoms. The third-order valence-corrected chi connectivity index (χ3v) is 5.15. The number of nitrogens with one attached hydrogen (secondary N) is 1. The summed E-state index contributed by atoms with van der Waals surface area (Å²) in [5.41, 5.74) is -0.335. The lowest BCUT2D eigenvalue weighted by molar-refractivity contribution is -0.126. The van der Waals surface area contributed by atoms with Crippen LogP contribution in [0.25, 0.3) is 0 Å². The summed E-state index contributed by atoms with van der Waals surface area (Å²) < 4.78 is 7.83. The smallest absolute Gasteiger partial charge is 0.274 e. The second-order valence-corrected chi connectivity index (χ2v) is 7.46. The van der Waals surface area contributed by atoms with E-state index in [0.717, 1.165) is 19.3 Å². The molecule has 0 aromatic carbocycles. The van der Waals surface area contributed by atoms with Gasteiger partial charge in [-0.05, 0) is 32.8 Å². The van der Waals surface area contributed by atoms with Gasteiger partial charge in [-0.15, -0.1) is 0 Å². The van der Waals surface area contributed by atoms with Gasteiger partial charge in [-0.3, -0.25) is 14.3 Å². The topological polar surface area (TPSA) is 76.5 Å². The Morgan fingerprint density at radius 3 is 2.83 bits per heavy atom. The van der Waals surface area contributed by atoms with Gasteiger partial charge >= 0.3 is 0 Å². The molecule has 2 saturated heterocycles. The predicted molar refractivity (Wildman–Crippen MR) is 88.5 cm³/mol. The summed E-state index contributed by atoms with van der Waals surface area (Å²) in [6.45, 7) is 4.74. The van der Waals surface area contributed by atoms with Crippen molar-refractivity contribution in [2.75, 3.05) is 13.6 Å². The fraction of sp³-hybridized carbons (Fsp3) is 0.706. The molecule has 7 nitrogen and oxygen atoms in total. The lowest BCUT2D eigenvalue weighted by Crippen LogP contribution is -2.53. The molecule has 2 aliphatic rings. The Kier molecular flexibility index (Phi) is 4.15. The Hall–Kier alpha value is -1.89. The largest absolute Gasteiger partial charge is 0.369 e. The van der Waals surface area contributed by atoms with Gasteiger partial charge in [0, 0.05) is 33.3 Å². The van der Waals surface area contributed by atoms with Crippen LogP contribution in [0.5, 0.6) is 0 Å². The molecule has 0 bridgehead atoms. The molecule has 1 aromatic heterocycles. The van der Waals surface area contributed by atoms with Crippen LogP contribution in [-0.4, -0.2) is 57.3 Å². The minimum atomic E-state index is -0.426. The molecule has 0 radical (unpaired) electrons. The highest BCUT2D eigenvalue weighted by Gasteiger charge is 2.58. The maximum Gasteiger partial charge on any atom is 0.274 e. The maximum atomic E-state index is 13.0. The third kappa shape index (κ3) is 2.81. The first kappa shape index (κ1) is 17.0. The summed E-state index contributed by atoms with van der Waals surface area (Å²) in [5, 5.41) is 6.92. The number of carbonyl (C=O) groups is 2. The molecule has 2 atom stereocenters. The molecule has 0 unspecified atom stereocenters. The van der Waals surface area contributed by atoms with Crippen LogP contribution in [0.3, 0.4) is 0 Å². The number of hydrogen-bond donors (Lipinski definition) is 1. The monoisotopic (exact) mass is 334 g/mol. The van der Waals surface area contributed by atoms with Crippen LogP contribution in [0.1, 0.15) is 50.0 Å². The fourth-order valence-electron chi connectivity index (χ4n) is 4.28. The highest BCUT2D eigenvalue weighted by Crippen LogP contribution is 2.49. The first-order valence-electron chi connectivity index (χ1n) is 8.47. The van der Waals surface area contributed by atoms with E-state index < -0.39 is 5.54 Å². The first-order valence-corrected chi connectivity index (χ1v) is 8.47. The van der Waals surface area contributed by atoms with Crippen molar-refractivity contribution in [3.05, 3.63) is 18.0 Å². The molecule has 3 heterocycles. The van der Waals surface area contributed by atoms with Crippen LogP contribution < -0.4 is 5.32 Å². The van der Waals surface area contributed by atoms with E-state index in [1.165, 1.54) is 0 Å². The van der Waals surface area contributed by atoms with Gasteiger partial charge in [0.2, 0.25) is 5.91 Å². The molecule has 2 fully saturated rings. The van der Waals surface area contributed by atoms with Gasteiger partial charge in [0.15, 0.2) is 0 Å². The SMILES string of the molecule is CNC(=O)C[C@@H]1OC(C)(C)C[C@]12CCCN2C(=O)c1ccn(C)n1. The van der Waals surface area contributed by atoms with E-state index in [1.54, 1.807) is 31.0 Å². The lowest BCUT2D eigenvalue weighted by atomic mass is 9.82. The Morgan fingerprint density at radius 2 is 2.21 bits per heavy atom. The lowest BCUT2D eigenvalue weighted by Gasteiger charge is -2.38. The summed E-state index contributed by atoms with van der Waals surface area (Å²) >= 11 is 0. The van der Waals surface area contributed by atoms with Crippen LogP contribution in [0.4, 0.5) is 0 Å². The normalized spacial score (nSPS) is 28.5. The average Bonchev–Trinajstić information content (AvgIpc) is 3.17. The summed E-state index contributed by atoms with van der Waals surface area (Å²) in [6, 6.07) is 1.74. The Bertz CT molecular complexity index is 654. The molecule has 1 aromatic rings. The van der Waals surface area contributed by atoms with Gasteiger partial charge in [-0.1, -0.05) is 0 Å². The molecular weight excluding hydrogens is 308 g/mol. The van der Waals surface area contributed by atoms with Crippen molar-refractivity contribution in [2.45, 2.75) is 56.8 Å². The third-order valence-electron chi connectivity index (χ3n) is 5.15. The van der Waals surface area contributed by atoms with Gasteiger partial charge in [0.1, 0.15) is 5.69 Å². The molecule has 1 N–H and O–H groups in total. The van der Waals surface area contributed by atoms with Gasteiger partial charge in [0.25, 0.3) is 5.91 Å². The second kappa shape index (κ2) is 5.88. The molecule has 132 valence electrons.